The SMILES string of the molecule is Cc1cc(F)ccc1CNCC1CN(C2CC2)CCO1. The van der Waals surface area contributed by atoms with Gasteiger partial charge in [0, 0.05) is 32.2 Å². The van der Waals surface area contributed by atoms with Gasteiger partial charge in [0.25, 0.3) is 0 Å². The van der Waals surface area contributed by atoms with E-state index in [0.717, 1.165) is 50.0 Å². The molecule has 2 fully saturated rings. The summed E-state index contributed by atoms with van der Waals surface area (Å²) < 4.78 is 18.8. The van der Waals surface area contributed by atoms with Crippen molar-refractivity contribution in [3.05, 3.63) is 35.1 Å². The monoisotopic (exact) mass is 278 g/mol. The van der Waals surface area contributed by atoms with Crippen LogP contribution in [0, 0.1) is 12.7 Å². The van der Waals surface area contributed by atoms with Crippen LogP contribution in [-0.4, -0.2) is 43.3 Å². The highest BCUT2D eigenvalue weighted by atomic mass is 19.1. The molecular formula is C16H23FN2O. The van der Waals surface area contributed by atoms with Gasteiger partial charge in [-0.15, -0.1) is 0 Å². The Kier molecular flexibility index (Phi) is 4.34. The van der Waals surface area contributed by atoms with Gasteiger partial charge in [-0.3, -0.25) is 4.90 Å². The van der Waals surface area contributed by atoms with Gasteiger partial charge < -0.3 is 10.1 Å². The van der Waals surface area contributed by atoms with Gasteiger partial charge in [0.05, 0.1) is 12.7 Å². The first-order valence-electron chi connectivity index (χ1n) is 7.54. The third kappa shape index (κ3) is 3.57. The van der Waals surface area contributed by atoms with Crippen molar-refractivity contribution in [1.29, 1.82) is 0 Å². The van der Waals surface area contributed by atoms with E-state index < -0.39 is 0 Å². The topological polar surface area (TPSA) is 24.5 Å². The highest BCUT2D eigenvalue weighted by Crippen LogP contribution is 2.28. The van der Waals surface area contributed by atoms with Crippen LogP contribution in [0.4, 0.5) is 4.39 Å². The number of hydrogen-bond donors (Lipinski definition) is 1. The van der Waals surface area contributed by atoms with E-state index >= 15 is 0 Å². The van der Waals surface area contributed by atoms with Crippen LogP contribution in [0.25, 0.3) is 0 Å². The number of benzene rings is 1. The second-order valence-electron chi connectivity index (χ2n) is 5.92. The Labute approximate surface area is 120 Å². The molecule has 1 aromatic carbocycles. The lowest BCUT2D eigenvalue weighted by molar-refractivity contribution is -0.0301. The third-order valence-electron chi connectivity index (χ3n) is 4.23. The maximum absolute atomic E-state index is 13.0. The minimum Gasteiger partial charge on any atom is -0.374 e. The summed E-state index contributed by atoms with van der Waals surface area (Å²) in [5.74, 6) is -0.165. The number of aryl methyl sites for hydroxylation is 1. The fourth-order valence-corrected chi connectivity index (χ4v) is 2.86. The van der Waals surface area contributed by atoms with Crippen LogP contribution < -0.4 is 5.32 Å². The first-order valence-corrected chi connectivity index (χ1v) is 7.54. The van der Waals surface area contributed by atoms with Crippen molar-refractivity contribution in [2.45, 2.75) is 38.5 Å². The lowest BCUT2D eigenvalue weighted by Gasteiger charge is -2.33. The molecule has 1 aromatic rings. The molecular weight excluding hydrogens is 255 g/mol. The highest BCUT2D eigenvalue weighted by molar-refractivity contribution is 5.26. The zero-order valence-electron chi connectivity index (χ0n) is 12.1. The van der Waals surface area contributed by atoms with Crippen LogP contribution in [-0.2, 0) is 11.3 Å². The van der Waals surface area contributed by atoms with Gasteiger partial charge in [0.1, 0.15) is 5.82 Å². The molecule has 4 heteroatoms. The number of nitrogens with one attached hydrogen (secondary N) is 1. The van der Waals surface area contributed by atoms with E-state index in [2.05, 4.69) is 10.2 Å². The van der Waals surface area contributed by atoms with Crippen LogP contribution in [0.5, 0.6) is 0 Å². The molecule has 0 spiro atoms. The number of rotatable bonds is 5. The van der Waals surface area contributed by atoms with Crippen LogP contribution in [0.3, 0.4) is 0 Å². The highest BCUT2D eigenvalue weighted by Gasteiger charge is 2.32. The summed E-state index contributed by atoms with van der Waals surface area (Å²) in [5.41, 5.74) is 2.16. The van der Waals surface area contributed by atoms with Gasteiger partial charge in [0.2, 0.25) is 0 Å². The average Bonchev–Trinajstić information content (AvgIpc) is 3.26. The smallest absolute Gasteiger partial charge is 0.123 e. The summed E-state index contributed by atoms with van der Waals surface area (Å²) in [6.45, 7) is 6.55. The standard InChI is InChI=1S/C16H23FN2O/c1-12-8-14(17)3-2-13(12)9-18-10-16-11-19(6-7-20-16)15-4-5-15/h2-3,8,15-16,18H,4-7,9-11H2,1H3. The van der Waals surface area contributed by atoms with Gasteiger partial charge in [-0.2, -0.15) is 0 Å². The lowest BCUT2D eigenvalue weighted by atomic mass is 10.1. The fraction of sp³-hybridized carbons (Fsp3) is 0.625. The Morgan fingerprint density at radius 2 is 2.25 bits per heavy atom. The van der Waals surface area contributed by atoms with Crippen molar-refractivity contribution in [3.63, 3.8) is 0 Å². The van der Waals surface area contributed by atoms with E-state index in [1.165, 1.54) is 18.9 Å². The van der Waals surface area contributed by atoms with Crippen molar-refractivity contribution in [3.8, 4) is 0 Å². The van der Waals surface area contributed by atoms with Gasteiger partial charge >= 0.3 is 0 Å². The van der Waals surface area contributed by atoms with Crippen molar-refractivity contribution in [2.24, 2.45) is 0 Å². The molecule has 1 saturated carbocycles. The molecule has 0 bridgehead atoms. The van der Waals surface area contributed by atoms with Crippen molar-refractivity contribution >= 4 is 0 Å². The van der Waals surface area contributed by atoms with E-state index in [-0.39, 0.29) is 11.9 Å². The number of hydrogen-bond acceptors (Lipinski definition) is 3. The molecule has 1 N–H and O–H groups in total. The van der Waals surface area contributed by atoms with Crippen molar-refractivity contribution in [2.75, 3.05) is 26.2 Å². The molecule has 1 unspecified atom stereocenters. The summed E-state index contributed by atoms with van der Waals surface area (Å²) >= 11 is 0. The number of ether oxygens (including phenoxy) is 1. The summed E-state index contributed by atoms with van der Waals surface area (Å²) in [6, 6.07) is 5.79. The molecule has 1 atom stereocenters. The predicted molar refractivity (Wildman–Crippen MR) is 77.2 cm³/mol. The van der Waals surface area contributed by atoms with E-state index in [1.54, 1.807) is 6.07 Å². The molecule has 1 aliphatic heterocycles. The predicted octanol–water partition coefficient (Wildman–Crippen LogP) is 2.09. The van der Waals surface area contributed by atoms with Gasteiger partial charge in [-0.1, -0.05) is 6.07 Å². The Bertz CT molecular complexity index is 462. The normalized spacial score (nSPS) is 24.0. The molecule has 3 rings (SSSR count). The number of halogens is 1. The number of morpholine rings is 1. The summed E-state index contributed by atoms with van der Waals surface area (Å²) in [4.78, 5) is 2.55. The van der Waals surface area contributed by atoms with Crippen LogP contribution in [0.15, 0.2) is 18.2 Å². The Balaban J connectivity index is 1.44. The largest absolute Gasteiger partial charge is 0.374 e. The fourth-order valence-electron chi connectivity index (χ4n) is 2.86. The third-order valence-corrected chi connectivity index (χ3v) is 4.23. The zero-order valence-corrected chi connectivity index (χ0v) is 12.1. The van der Waals surface area contributed by atoms with E-state index in [0.29, 0.717) is 0 Å². The minimum atomic E-state index is -0.165. The van der Waals surface area contributed by atoms with Crippen molar-refractivity contribution in [1.82, 2.24) is 10.2 Å². The molecule has 20 heavy (non-hydrogen) atoms. The minimum absolute atomic E-state index is 0.165. The van der Waals surface area contributed by atoms with Crippen molar-refractivity contribution < 1.29 is 9.13 Å². The van der Waals surface area contributed by atoms with E-state index in [4.69, 9.17) is 4.74 Å². The van der Waals surface area contributed by atoms with Crippen LogP contribution in [0.2, 0.25) is 0 Å². The Hall–Kier alpha value is -0.970. The molecule has 2 aliphatic rings. The first kappa shape index (κ1) is 14.0. The second kappa shape index (κ2) is 6.20. The second-order valence-corrected chi connectivity index (χ2v) is 5.92. The zero-order chi connectivity index (χ0) is 13.9. The molecule has 1 saturated heterocycles. The van der Waals surface area contributed by atoms with Crippen LogP contribution >= 0.6 is 0 Å². The lowest BCUT2D eigenvalue weighted by Crippen LogP contribution is -2.47. The molecule has 3 nitrogen and oxygen atoms in total. The molecule has 0 radical (unpaired) electrons. The molecule has 0 aromatic heterocycles. The van der Waals surface area contributed by atoms with Gasteiger partial charge in [-0.25, -0.2) is 4.39 Å². The quantitative estimate of drug-likeness (QED) is 0.892. The number of nitrogens with zero attached hydrogens (tertiary/aromatic N) is 1. The van der Waals surface area contributed by atoms with Crippen LogP contribution in [0.1, 0.15) is 24.0 Å². The van der Waals surface area contributed by atoms with E-state index in [9.17, 15) is 4.39 Å². The van der Waals surface area contributed by atoms with Gasteiger partial charge in [-0.05, 0) is 43.0 Å². The summed E-state index contributed by atoms with van der Waals surface area (Å²) in [5, 5.41) is 3.44. The van der Waals surface area contributed by atoms with E-state index in [1.807, 2.05) is 13.0 Å². The Morgan fingerprint density at radius 3 is 3.00 bits per heavy atom. The first-order chi connectivity index (χ1) is 9.72. The molecule has 1 aliphatic carbocycles. The molecule has 110 valence electrons. The maximum atomic E-state index is 13.0. The maximum Gasteiger partial charge on any atom is 0.123 e. The molecule has 1 heterocycles. The summed E-state index contributed by atoms with van der Waals surface area (Å²) in [6.07, 6.45) is 2.99. The Morgan fingerprint density at radius 1 is 1.40 bits per heavy atom. The van der Waals surface area contributed by atoms with Gasteiger partial charge in [0.15, 0.2) is 0 Å². The average molecular weight is 278 g/mol. The molecule has 0 amide bonds. The summed E-state index contributed by atoms with van der Waals surface area (Å²) in [7, 11) is 0.